The second kappa shape index (κ2) is 4.94. The lowest BCUT2D eigenvalue weighted by Crippen LogP contribution is -2.30. The molecule has 0 spiro atoms. The average molecular weight is 210 g/mol. The number of aromatic hydroxyl groups is 1. The molecule has 80 valence electrons. The molecule has 1 aromatic rings. The summed E-state index contributed by atoms with van der Waals surface area (Å²) in [5, 5.41) is 11.4. The highest BCUT2D eigenvalue weighted by Gasteiger charge is 2.08. The topological polar surface area (TPSA) is 88.5 Å². The normalized spacial score (nSPS) is 9.40. The average Bonchev–Trinajstić information content (AvgIpc) is 2.25. The number of rotatable bonds is 3. The Morgan fingerprint density at radius 2 is 2.27 bits per heavy atom. The quantitative estimate of drug-likeness (QED) is 0.668. The van der Waals surface area contributed by atoms with Crippen molar-refractivity contribution in [1.29, 1.82) is 0 Å². The maximum Gasteiger partial charge on any atom is 0.325 e. The molecule has 2 N–H and O–H groups in total. The van der Waals surface area contributed by atoms with E-state index in [1.807, 2.05) is 0 Å². The summed E-state index contributed by atoms with van der Waals surface area (Å²) >= 11 is 0. The van der Waals surface area contributed by atoms with E-state index in [1.165, 1.54) is 25.6 Å². The molecule has 6 nitrogen and oxygen atoms in total. The lowest BCUT2D eigenvalue weighted by Gasteiger charge is -2.03. The fourth-order valence-corrected chi connectivity index (χ4v) is 0.879. The Balaban J connectivity index is 2.58. The Bertz CT molecular complexity index is 378. The van der Waals surface area contributed by atoms with Gasteiger partial charge in [0.1, 0.15) is 12.3 Å². The number of methoxy groups -OCH3 is 1. The number of nitrogens with zero attached hydrogens (tertiary/aromatic N) is 1. The summed E-state index contributed by atoms with van der Waals surface area (Å²) in [6, 6.07) is 1.25. The monoisotopic (exact) mass is 210 g/mol. The highest BCUT2D eigenvalue weighted by molar-refractivity contribution is 5.95. The highest BCUT2D eigenvalue weighted by Crippen LogP contribution is 2.07. The molecule has 0 aliphatic rings. The van der Waals surface area contributed by atoms with Crippen LogP contribution in [-0.4, -0.2) is 35.6 Å². The molecular weight excluding hydrogens is 200 g/mol. The number of esters is 1. The van der Waals surface area contributed by atoms with Crippen LogP contribution in [0.4, 0.5) is 0 Å². The molecule has 6 heteroatoms. The zero-order valence-corrected chi connectivity index (χ0v) is 8.06. The second-order valence-corrected chi connectivity index (χ2v) is 2.69. The predicted octanol–water partition coefficient (Wildman–Crippen LogP) is -0.310. The van der Waals surface area contributed by atoms with Gasteiger partial charge in [0.2, 0.25) is 0 Å². The molecule has 0 atom stereocenters. The molecule has 0 aromatic carbocycles. The van der Waals surface area contributed by atoms with Gasteiger partial charge >= 0.3 is 5.97 Å². The van der Waals surface area contributed by atoms with Crippen LogP contribution < -0.4 is 5.32 Å². The number of nitrogens with one attached hydrogen (secondary N) is 1. The van der Waals surface area contributed by atoms with Crippen LogP contribution in [0.5, 0.6) is 5.75 Å². The summed E-state index contributed by atoms with van der Waals surface area (Å²) in [5.41, 5.74) is 0.180. The highest BCUT2D eigenvalue weighted by atomic mass is 16.5. The van der Waals surface area contributed by atoms with Gasteiger partial charge < -0.3 is 15.2 Å². The van der Waals surface area contributed by atoms with Crippen molar-refractivity contribution in [2.24, 2.45) is 0 Å². The smallest absolute Gasteiger partial charge is 0.325 e. The van der Waals surface area contributed by atoms with E-state index in [-0.39, 0.29) is 17.9 Å². The molecule has 0 unspecified atom stereocenters. The number of aromatic nitrogens is 1. The first-order chi connectivity index (χ1) is 7.13. The molecule has 0 aliphatic heterocycles. The van der Waals surface area contributed by atoms with Crippen LogP contribution in [0, 0.1) is 0 Å². The third-order valence-electron chi connectivity index (χ3n) is 1.61. The Morgan fingerprint density at radius 1 is 1.53 bits per heavy atom. The Kier molecular flexibility index (Phi) is 3.61. The van der Waals surface area contributed by atoms with Gasteiger partial charge in [-0.15, -0.1) is 0 Å². The van der Waals surface area contributed by atoms with Crippen molar-refractivity contribution in [3.8, 4) is 5.75 Å². The fraction of sp³-hybridized carbons (Fsp3) is 0.222. The SMILES string of the molecule is COC(=O)CNC(=O)c1cncc(O)c1. The molecular formula is C9H10N2O4. The minimum Gasteiger partial charge on any atom is -0.506 e. The first-order valence-electron chi connectivity index (χ1n) is 4.12. The Hall–Kier alpha value is -2.11. The number of pyridine rings is 1. The maximum absolute atomic E-state index is 11.3. The van der Waals surface area contributed by atoms with Crippen molar-refractivity contribution in [3.63, 3.8) is 0 Å². The molecule has 0 saturated heterocycles. The number of hydrogen-bond acceptors (Lipinski definition) is 5. The number of carbonyl (C=O) groups is 2. The van der Waals surface area contributed by atoms with Crippen LogP contribution in [0.25, 0.3) is 0 Å². The van der Waals surface area contributed by atoms with Crippen LogP contribution in [0.3, 0.4) is 0 Å². The van der Waals surface area contributed by atoms with Crippen molar-refractivity contribution < 1.29 is 19.4 Å². The van der Waals surface area contributed by atoms with Gasteiger partial charge in [0.15, 0.2) is 0 Å². The molecule has 0 radical (unpaired) electrons. The third-order valence-corrected chi connectivity index (χ3v) is 1.61. The predicted molar refractivity (Wildman–Crippen MR) is 50.3 cm³/mol. The van der Waals surface area contributed by atoms with E-state index in [4.69, 9.17) is 5.11 Å². The fourth-order valence-electron chi connectivity index (χ4n) is 0.879. The number of hydrogen-bond donors (Lipinski definition) is 2. The van der Waals surface area contributed by atoms with E-state index in [1.54, 1.807) is 0 Å². The van der Waals surface area contributed by atoms with Gasteiger partial charge in [0.05, 0.1) is 18.9 Å². The van der Waals surface area contributed by atoms with Gasteiger partial charge in [0, 0.05) is 6.20 Å². The first-order valence-corrected chi connectivity index (χ1v) is 4.12. The Morgan fingerprint density at radius 3 is 2.87 bits per heavy atom. The van der Waals surface area contributed by atoms with Crippen LogP contribution in [0.15, 0.2) is 18.5 Å². The standard InChI is InChI=1S/C9H10N2O4/c1-15-8(13)5-11-9(14)6-2-7(12)4-10-3-6/h2-4,12H,5H2,1H3,(H,11,14). The van der Waals surface area contributed by atoms with E-state index < -0.39 is 11.9 Å². The van der Waals surface area contributed by atoms with Crippen molar-refractivity contribution in [2.45, 2.75) is 0 Å². The zero-order chi connectivity index (χ0) is 11.3. The summed E-state index contributed by atoms with van der Waals surface area (Å²) in [5.74, 6) is -1.15. The van der Waals surface area contributed by atoms with Crippen molar-refractivity contribution in [1.82, 2.24) is 10.3 Å². The van der Waals surface area contributed by atoms with Crippen LogP contribution >= 0.6 is 0 Å². The number of ether oxygens (including phenoxy) is 1. The van der Waals surface area contributed by atoms with Gasteiger partial charge in [-0.2, -0.15) is 0 Å². The zero-order valence-electron chi connectivity index (χ0n) is 8.06. The van der Waals surface area contributed by atoms with E-state index in [9.17, 15) is 9.59 Å². The molecule has 1 aromatic heterocycles. The summed E-state index contributed by atoms with van der Waals surface area (Å²) in [7, 11) is 1.23. The summed E-state index contributed by atoms with van der Waals surface area (Å²) in [4.78, 5) is 25.7. The molecule has 1 rings (SSSR count). The van der Waals surface area contributed by atoms with Crippen LogP contribution in [0.1, 0.15) is 10.4 Å². The first kappa shape index (κ1) is 11.0. The maximum atomic E-state index is 11.3. The molecule has 0 aliphatic carbocycles. The van der Waals surface area contributed by atoms with Gasteiger partial charge in [-0.25, -0.2) is 0 Å². The van der Waals surface area contributed by atoms with E-state index >= 15 is 0 Å². The van der Waals surface area contributed by atoms with E-state index in [0.717, 1.165) is 0 Å². The van der Waals surface area contributed by atoms with Gasteiger partial charge in [-0.1, -0.05) is 0 Å². The van der Waals surface area contributed by atoms with Crippen molar-refractivity contribution in [3.05, 3.63) is 24.0 Å². The molecule has 0 fully saturated rings. The summed E-state index contributed by atoms with van der Waals surface area (Å²) in [6.07, 6.45) is 2.49. The molecule has 15 heavy (non-hydrogen) atoms. The van der Waals surface area contributed by atoms with Gasteiger partial charge in [0.25, 0.3) is 5.91 Å². The van der Waals surface area contributed by atoms with E-state index in [2.05, 4.69) is 15.0 Å². The summed E-state index contributed by atoms with van der Waals surface area (Å²) in [6.45, 7) is -0.217. The lowest BCUT2D eigenvalue weighted by atomic mass is 10.2. The largest absolute Gasteiger partial charge is 0.506 e. The Labute approximate surface area is 85.9 Å². The van der Waals surface area contributed by atoms with Crippen LogP contribution in [0.2, 0.25) is 0 Å². The van der Waals surface area contributed by atoms with Crippen molar-refractivity contribution in [2.75, 3.05) is 13.7 Å². The molecule has 1 amide bonds. The summed E-state index contributed by atoms with van der Waals surface area (Å²) < 4.78 is 4.34. The van der Waals surface area contributed by atoms with Gasteiger partial charge in [-0.05, 0) is 6.07 Å². The second-order valence-electron chi connectivity index (χ2n) is 2.69. The minimum absolute atomic E-state index is 0.110. The van der Waals surface area contributed by atoms with Gasteiger partial charge in [-0.3, -0.25) is 14.6 Å². The van der Waals surface area contributed by atoms with Crippen molar-refractivity contribution >= 4 is 11.9 Å². The number of carbonyl (C=O) groups excluding carboxylic acids is 2. The van der Waals surface area contributed by atoms with E-state index in [0.29, 0.717) is 0 Å². The third kappa shape index (κ3) is 3.26. The minimum atomic E-state index is -0.545. The lowest BCUT2D eigenvalue weighted by molar-refractivity contribution is -0.139. The molecule has 0 saturated carbocycles. The molecule has 1 heterocycles. The molecule has 0 bridgehead atoms. The van der Waals surface area contributed by atoms with Crippen LogP contribution in [-0.2, 0) is 9.53 Å². The number of amides is 1.